The largest absolute Gasteiger partial charge is 0.493 e. The van der Waals surface area contributed by atoms with Crippen LogP contribution in [-0.4, -0.2) is 24.9 Å². The molecule has 1 fully saturated rings. The van der Waals surface area contributed by atoms with Crippen LogP contribution in [0.15, 0.2) is 51.8 Å². The average molecular weight is 434 g/mol. The maximum absolute atomic E-state index is 12.7. The van der Waals surface area contributed by atoms with Gasteiger partial charge >= 0.3 is 0 Å². The second kappa shape index (κ2) is 7.97. The first-order valence-electron chi connectivity index (χ1n) is 7.88. The molecule has 1 aliphatic rings. The summed E-state index contributed by atoms with van der Waals surface area (Å²) in [6.45, 7) is 2.37. The summed E-state index contributed by atoms with van der Waals surface area (Å²) in [5.41, 5.74) is 1.29. The van der Waals surface area contributed by atoms with Gasteiger partial charge in [-0.3, -0.25) is 9.59 Å². The zero-order chi connectivity index (χ0) is 18.7. The van der Waals surface area contributed by atoms with Crippen molar-refractivity contribution >= 4 is 50.6 Å². The first-order valence-corrected chi connectivity index (χ1v) is 9.49. The maximum Gasteiger partial charge on any atom is 0.298 e. The van der Waals surface area contributed by atoms with Crippen LogP contribution in [0.5, 0.6) is 11.5 Å². The predicted octanol–water partition coefficient (Wildman–Crippen LogP) is 5.10. The van der Waals surface area contributed by atoms with E-state index < -0.39 is 0 Å². The van der Waals surface area contributed by atoms with Gasteiger partial charge in [0.2, 0.25) is 0 Å². The first kappa shape index (κ1) is 18.5. The standard InChI is InChI=1S/C19H16BrNO4S/c1-3-25-16-9-12(14(20)11-15(16)24-2)10-17-18(22)21(19(23)26-17)13-7-5-4-6-8-13/h4-11H,3H2,1-2H3/b17-10-. The Bertz CT molecular complexity index is 883. The van der Waals surface area contributed by atoms with Crippen molar-refractivity contribution in [1.29, 1.82) is 0 Å². The molecular weight excluding hydrogens is 418 g/mol. The summed E-state index contributed by atoms with van der Waals surface area (Å²) in [6, 6.07) is 12.4. The van der Waals surface area contributed by atoms with Crippen LogP contribution in [-0.2, 0) is 4.79 Å². The van der Waals surface area contributed by atoms with Crippen LogP contribution in [0.25, 0.3) is 6.08 Å². The summed E-state index contributed by atoms with van der Waals surface area (Å²) in [5.74, 6) is 0.826. The molecule has 26 heavy (non-hydrogen) atoms. The number of rotatable bonds is 5. The highest BCUT2D eigenvalue weighted by atomic mass is 79.9. The van der Waals surface area contributed by atoms with Gasteiger partial charge in [-0.1, -0.05) is 34.1 Å². The maximum atomic E-state index is 12.7. The Balaban J connectivity index is 1.97. The van der Waals surface area contributed by atoms with E-state index in [1.807, 2.05) is 13.0 Å². The van der Waals surface area contributed by atoms with Crippen molar-refractivity contribution in [3.05, 3.63) is 57.4 Å². The van der Waals surface area contributed by atoms with E-state index in [2.05, 4.69) is 15.9 Å². The molecule has 2 amide bonds. The van der Waals surface area contributed by atoms with Crippen molar-refractivity contribution in [2.45, 2.75) is 6.92 Å². The number of hydrogen-bond donors (Lipinski definition) is 0. The van der Waals surface area contributed by atoms with Crippen LogP contribution < -0.4 is 14.4 Å². The third-order valence-electron chi connectivity index (χ3n) is 3.68. The van der Waals surface area contributed by atoms with Gasteiger partial charge in [-0.2, -0.15) is 0 Å². The fourth-order valence-corrected chi connectivity index (χ4v) is 3.77. The lowest BCUT2D eigenvalue weighted by molar-refractivity contribution is -0.113. The third-order valence-corrected chi connectivity index (χ3v) is 5.23. The van der Waals surface area contributed by atoms with Crippen molar-refractivity contribution < 1.29 is 19.1 Å². The van der Waals surface area contributed by atoms with Gasteiger partial charge in [-0.05, 0) is 54.6 Å². The summed E-state index contributed by atoms with van der Waals surface area (Å²) < 4.78 is 11.6. The number of hydrogen-bond acceptors (Lipinski definition) is 5. The van der Waals surface area contributed by atoms with Gasteiger partial charge < -0.3 is 9.47 Å². The molecule has 1 aliphatic heterocycles. The molecule has 2 aromatic carbocycles. The number of carbonyl (C=O) groups excluding carboxylic acids is 2. The number of thioether (sulfide) groups is 1. The zero-order valence-electron chi connectivity index (χ0n) is 14.2. The number of amides is 2. The molecule has 0 aliphatic carbocycles. The quantitative estimate of drug-likeness (QED) is 0.614. The Hall–Kier alpha value is -2.25. The van der Waals surface area contributed by atoms with Crippen molar-refractivity contribution in [2.24, 2.45) is 0 Å². The van der Waals surface area contributed by atoms with Gasteiger partial charge in [-0.15, -0.1) is 0 Å². The highest BCUT2D eigenvalue weighted by molar-refractivity contribution is 9.10. The van der Waals surface area contributed by atoms with Crippen molar-refractivity contribution in [3.63, 3.8) is 0 Å². The van der Waals surface area contributed by atoms with E-state index in [0.717, 1.165) is 21.8 Å². The number of imide groups is 1. The summed E-state index contributed by atoms with van der Waals surface area (Å²) in [6.07, 6.45) is 1.68. The molecule has 5 nitrogen and oxygen atoms in total. The minimum absolute atomic E-state index is 0.317. The molecule has 0 atom stereocenters. The number of carbonyl (C=O) groups is 2. The first-order chi connectivity index (χ1) is 12.5. The van der Waals surface area contributed by atoms with Crippen LogP contribution in [0, 0.1) is 0 Å². The molecule has 0 aromatic heterocycles. The number of para-hydroxylation sites is 1. The molecule has 0 radical (unpaired) electrons. The van der Waals surface area contributed by atoms with E-state index in [-0.39, 0.29) is 11.1 Å². The second-order valence-corrected chi connectivity index (χ2v) is 7.16. The normalized spacial score (nSPS) is 15.7. The summed E-state index contributed by atoms with van der Waals surface area (Å²) in [7, 11) is 1.56. The van der Waals surface area contributed by atoms with Gasteiger partial charge in [0.05, 0.1) is 24.3 Å². The van der Waals surface area contributed by atoms with Crippen LogP contribution in [0.4, 0.5) is 10.5 Å². The highest BCUT2D eigenvalue weighted by Crippen LogP contribution is 2.39. The molecule has 1 heterocycles. The number of methoxy groups -OCH3 is 1. The molecule has 7 heteroatoms. The minimum Gasteiger partial charge on any atom is -0.493 e. The lowest BCUT2D eigenvalue weighted by Gasteiger charge is -2.12. The molecule has 0 N–H and O–H groups in total. The van der Waals surface area contributed by atoms with Gasteiger partial charge in [-0.25, -0.2) is 4.90 Å². The van der Waals surface area contributed by atoms with E-state index in [0.29, 0.717) is 28.7 Å². The van der Waals surface area contributed by atoms with Gasteiger partial charge in [0, 0.05) is 4.47 Å². The number of anilines is 1. The fraction of sp³-hybridized carbons (Fsp3) is 0.158. The summed E-state index contributed by atoms with van der Waals surface area (Å²) in [5, 5.41) is -0.317. The van der Waals surface area contributed by atoms with Crippen LogP contribution in [0.3, 0.4) is 0 Å². The molecule has 134 valence electrons. The highest BCUT2D eigenvalue weighted by Gasteiger charge is 2.36. The number of ether oxygens (including phenoxy) is 2. The van der Waals surface area contributed by atoms with Crippen molar-refractivity contribution in [2.75, 3.05) is 18.6 Å². The Kier molecular flexibility index (Phi) is 5.68. The lowest BCUT2D eigenvalue weighted by Crippen LogP contribution is -2.27. The van der Waals surface area contributed by atoms with Crippen LogP contribution in [0.1, 0.15) is 12.5 Å². The second-order valence-electron chi connectivity index (χ2n) is 5.31. The SMILES string of the molecule is CCOc1cc(/C=C2\SC(=O)N(c3ccccc3)C2=O)c(Br)cc1OC. The molecule has 2 aromatic rings. The number of nitrogens with zero attached hydrogens (tertiary/aromatic N) is 1. The van der Waals surface area contributed by atoms with E-state index >= 15 is 0 Å². The Morgan fingerprint density at radius 2 is 1.88 bits per heavy atom. The Morgan fingerprint density at radius 1 is 1.15 bits per heavy atom. The average Bonchev–Trinajstić information content (AvgIpc) is 2.92. The summed E-state index contributed by atoms with van der Waals surface area (Å²) >= 11 is 4.39. The molecule has 3 rings (SSSR count). The van der Waals surface area contributed by atoms with E-state index in [1.54, 1.807) is 49.6 Å². The molecule has 0 unspecified atom stereocenters. The lowest BCUT2D eigenvalue weighted by atomic mass is 10.1. The predicted molar refractivity (Wildman–Crippen MR) is 107 cm³/mol. The van der Waals surface area contributed by atoms with Crippen molar-refractivity contribution in [1.82, 2.24) is 0 Å². The molecular formula is C19H16BrNO4S. The monoisotopic (exact) mass is 433 g/mol. The van der Waals surface area contributed by atoms with Crippen LogP contribution >= 0.6 is 27.7 Å². The van der Waals surface area contributed by atoms with Gasteiger partial charge in [0.25, 0.3) is 11.1 Å². The Labute approximate surface area is 164 Å². The van der Waals surface area contributed by atoms with E-state index in [9.17, 15) is 9.59 Å². The summed E-state index contributed by atoms with van der Waals surface area (Å²) in [4.78, 5) is 26.6. The molecule has 0 spiro atoms. The minimum atomic E-state index is -0.341. The van der Waals surface area contributed by atoms with Crippen molar-refractivity contribution in [3.8, 4) is 11.5 Å². The molecule has 1 saturated heterocycles. The van der Waals surface area contributed by atoms with Gasteiger partial charge in [0.1, 0.15) is 0 Å². The molecule has 0 saturated carbocycles. The fourth-order valence-electron chi connectivity index (χ4n) is 2.50. The van der Waals surface area contributed by atoms with Gasteiger partial charge in [0.15, 0.2) is 11.5 Å². The third kappa shape index (κ3) is 3.64. The van der Waals surface area contributed by atoms with Crippen LogP contribution in [0.2, 0.25) is 0 Å². The number of benzene rings is 2. The Morgan fingerprint density at radius 3 is 2.54 bits per heavy atom. The van der Waals surface area contributed by atoms with E-state index in [4.69, 9.17) is 9.47 Å². The smallest absolute Gasteiger partial charge is 0.298 e. The topological polar surface area (TPSA) is 55.8 Å². The van der Waals surface area contributed by atoms with E-state index in [1.165, 1.54) is 4.90 Å². The number of halogens is 1. The molecule has 0 bridgehead atoms. The zero-order valence-corrected chi connectivity index (χ0v) is 16.6.